The number of aromatic amines is 2. The first-order valence-corrected chi connectivity index (χ1v) is 20.5. The molecule has 58 heavy (non-hydrogen) atoms. The third-order valence-electron chi connectivity index (χ3n) is 11.1. The van der Waals surface area contributed by atoms with E-state index in [2.05, 4.69) is 89.7 Å². The molecule has 2 aliphatic carbocycles. The molecule has 0 aliphatic heterocycles. The molecular formula is C44H58N8O6. The van der Waals surface area contributed by atoms with Crippen molar-refractivity contribution in [3.63, 3.8) is 0 Å². The minimum atomic E-state index is -0.737. The number of alkyl carbamates (subject to hydrolysis) is 2. The second kappa shape index (κ2) is 19.2. The molecule has 2 aromatic heterocycles. The van der Waals surface area contributed by atoms with Crippen LogP contribution in [0.2, 0.25) is 0 Å². The van der Waals surface area contributed by atoms with Crippen LogP contribution in [0.3, 0.4) is 0 Å². The van der Waals surface area contributed by atoms with Gasteiger partial charge in [-0.25, -0.2) is 19.6 Å². The Labute approximate surface area is 340 Å². The van der Waals surface area contributed by atoms with Crippen molar-refractivity contribution in [1.29, 1.82) is 0 Å². The zero-order valence-corrected chi connectivity index (χ0v) is 34.4. The van der Waals surface area contributed by atoms with Crippen LogP contribution in [0.5, 0.6) is 0 Å². The molecule has 0 radical (unpaired) electrons. The van der Waals surface area contributed by atoms with Crippen molar-refractivity contribution in [2.24, 2.45) is 23.7 Å². The number of H-pyrrole nitrogens is 2. The molecule has 2 aromatic carbocycles. The fourth-order valence-corrected chi connectivity index (χ4v) is 7.14. The fourth-order valence-electron chi connectivity index (χ4n) is 7.14. The van der Waals surface area contributed by atoms with Gasteiger partial charge in [0.2, 0.25) is 11.8 Å². The molecule has 4 aromatic rings. The maximum absolute atomic E-state index is 13.4. The Morgan fingerprint density at radius 2 is 0.931 bits per heavy atom. The molecule has 2 aliphatic rings. The molecule has 310 valence electrons. The summed E-state index contributed by atoms with van der Waals surface area (Å²) in [4.78, 5) is 66.9. The number of hydrogen-bond donors (Lipinski definition) is 6. The molecular weight excluding hydrogens is 737 g/mol. The van der Waals surface area contributed by atoms with Crippen LogP contribution in [0.4, 0.5) is 9.59 Å². The van der Waals surface area contributed by atoms with E-state index >= 15 is 0 Å². The predicted molar refractivity (Wildman–Crippen MR) is 221 cm³/mol. The molecule has 14 nitrogen and oxygen atoms in total. The standard InChI is InChI=1S/C44H58N8O6/c1-25(2)37(51-43(55)57-5)41(53)49-33(21-11-27-7-8-27)39-45-23-35(47-39)31-17-13-29(14-18-31)30-15-19-32(20-16-30)36-24-46-40(48-36)34(22-12-28-9-10-28)50-42(54)38(26(3)4)52-44(56)58-6/h13-20,23-28,33-34,37-38H,7-12,21-22H2,1-6H3,(H,45,47)(H,46,48)(H,49,53)(H,50,54)(H,51,55)(H,52,56)/t33-,34-,37-,38-/m0/s1. The molecule has 4 amide bonds. The van der Waals surface area contributed by atoms with Crippen molar-refractivity contribution in [2.45, 2.75) is 103 Å². The summed E-state index contributed by atoms with van der Waals surface area (Å²) in [6.07, 6.45) is 10.6. The van der Waals surface area contributed by atoms with Crippen LogP contribution in [-0.2, 0) is 19.1 Å². The number of nitrogens with zero attached hydrogens (tertiary/aromatic N) is 2. The lowest BCUT2D eigenvalue weighted by Crippen LogP contribution is -2.50. The van der Waals surface area contributed by atoms with Gasteiger partial charge in [0.05, 0.1) is 50.1 Å². The molecule has 2 saturated carbocycles. The van der Waals surface area contributed by atoms with E-state index in [1.807, 2.05) is 27.7 Å². The lowest BCUT2D eigenvalue weighted by Gasteiger charge is -2.24. The van der Waals surface area contributed by atoms with Crippen LogP contribution in [0, 0.1) is 23.7 Å². The minimum Gasteiger partial charge on any atom is -0.453 e. The highest BCUT2D eigenvalue weighted by Gasteiger charge is 2.31. The van der Waals surface area contributed by atoms with Crippen molar-refractivity contribution >= 4 is 24.0 Å². The highest BCUT2D eigenvalue weighted by molar-refractivity contribution is 5.87. The van der Waals surface area contributed by atoms with Crippen LogP contribution >= 0.6 is 0 Å². The highest BCUT2D eigenvalue weighted by Crippen LogP contribution is 2.37. The van der Waals surface area contributed by atoms with E-state index in [1.54, 1.807) is 12.4 Å². The third-order valence-corrected chi connectivity index (χ3v) is 11.1. The molecule has 6 rings (SSSR count). The molecule has 2 heterocycles. The average molecular weight is 795 g/mol. The Bertz CT molecular complexity index is 1850. The molecule has 4 atom stereocenters. The topological polar surface area (TPSA) is 192 Å². The number of imidazole rings is 2. The number of aromatic nitrogens is 4. The number of ether oxygens (including phenoxy) is 2. The van der Waals surface area contributed by atoms with Gasteiger partial charge >= 0.3 is 12.2 Å². The van der Waals surface area contributed by atoms with Crippen LogP contribution < -0.4 is 21.3 Å². The summed E-state index contributed by atoms with van der Waals surface area (Å²) >= 11 is 0. The SMILES string of the molecule is COC(=O)N[C@H](C(=O)N[C@@H](CCC1CC1)c1ncc(-c2ccc(-c3ccc(-c4cnc([C@H](CCC5CC5)NC(=O)[C@@H](NC(=O)OC)C(C)C)[nH]4)cc3)cc2)[nH]1)C(C)C. The summed E-state index contributed by atoms with van der Waals surface area (Å²) in [6.45, 7) is 7.53. The van der Waals surface area contributed by atoms with Crippen LogP contribution in [0.1, 0.15) is 103 Å². The summed E-state index contributed by atoms with van der Waals surface area (Å²) in [5.74, 6) is 1.90. The van der Waals surface area contributed by atoms with E-state index in [9.17, 15) is 19.2 Å². The summed E-state index contributed by atoms with van der Waals surface area (Å²) in [7, 11) is 2.56. The molecule has 0 unspecified atom stereocenters. The van der Waals surface area contributed by atoms with Gasteiger partial charge in [0.1, 0.15) is 23.7 Å². The summed E-state index contributed by atoms with van der Waals surface area (Å²) < 4.78 is 9.50. The lowest BCUT2D eigenvalue weighted by atomic mass is 10.0. The van der Waals surface area contributed by atoms with Crippen molar-refractivity contribution in [3.05, 3.63) is 72.6 Å². The first-order chi connectivity index (χ1) is 27.9. The number of benzene rings is 2. The van der Waals surface area contributed by atoms with Crippen molar-refractivity contribution in [3.8, 4) is 33.6 Å². The van der Waals surface area contributed by atoms with Gasteiger partial charge in [-0.2, -0.15) is 0 Å². The summed E-state index contributed by atoms with van der Waals surface area (Å²) in [5.41, 5.74) is 5.72. The van der Waals surface area contributed by atoms with Crippen LogP contribution in [0.15, 0.2) is 60.9 Å². The third kappa shape index (κ3) is 11.3. The Hall–Kier alpha value is -5.66. The number of carbonyl (C=O) groups is 4. The summed E-state index contributed by atoms with van der Waals surface area (Å²) in [6, 6.07) is 14.4. The van der Waals surface area contributed by atoms with Gasteiger partial charge in [-0.15, -0.1) is 0 Å². The van der Waals surface area contributed by atoms with Crippen molar-refractivity contribution in [1.82, 2.24) is 41.2 Å². The van der Waals surface area contributed by atoms with E-state index in [4.69, 9.17) is 9.47 Å². The zero-order chi connectivity index (χ0) is 41.3. The molecule has 2 fully saturated rings. The number of carbonyl (C=O) groups excluding carboxylic acids is 4. The Morgan fingerprint density at radius 3 is 1.24 bits per heavy atom. The van der Waals surface area contributed by atoms with E-state index in [-0.39, 0.29) is 35.7 Å². The van der Waals surface area contributed by atoms with Crippen molar-refractivity contribution < 1.29 is 28.7 Å². The lowest BCUT2D eigenvalue weighted by molar-refractivity contribution is -0.125. The second-order valence-electron chi connectivity index (χ2n) is 16.4. The van der Waals surface area contributed by atoms with E-state index in [1.165, 1.54) is 39.9 Å². The smallest absolute Gasteiger partial charge is 0.407 e. The van der Waals surface area contributed by atoms with Gasteiger partial charge in [0, 0.05) is 0 Å². The maximum atomic E-state index is 13.4. The molecule has 6 N–H and O–H groups in total. The first-order valence-electron chi connectivity index (χ1n) is 20.5. The van der Waals surface area contributed by atoms with Crippen LogP contribution in [-0.4, -0.2) is 70.2 Å². The van der Waals surface area contributed by atoms with E-state index < -0.39 is 24.3 Å². The first kappa shape index (κ1) is 42.0. The maximum Gasteiger partial charge on any atom is 0.407 e. The molecule has 14 heteroatoms. The van der Waals surface area contributed by atoms with Gasteiger partial charge in [-0.3, -0.25) is 9.59 Å². The molecule has 0 spiro atoms. The quantitative estimate of drug-likeness (QED) is 0.0559. The van der Waals surface area contributed by atoms with Gasteiger partial charge in [0.15, 0.2) is 0 Å². The number of hydrogen-bond acceptors (Lipinski definition) is 8. The Kier molecular flexibility index (Phi) is 13.9. The summed E-state index contributed by atoms with van der Waals surface area (Å²) in [5, 5.41) is 11.6. The fraction of sp³-hybridized carbons (Fsp3) is 0.500. The number of rotatable bonds is 19. The highest BCUT2D eigenvalue weighted by atomic mass is 16.5. The largest absolute Gasteiger partial charge is 0.453 e. The van der Waals surface area contributed by atoms with Crippen LogP contribution in [0.25, 0.3) is 33.6 Å². The van der Waals surface area contributed by atoms with E-state index in [0.29, 0.717) is 23.5 Å². The van der Waals surface area contributed by atoms with E-state index in [0.717, 1.165) is 59.3 Å². The number of methoxy groups -OCH3 is 2. The van der Waals surface area contributed by atoms with Gasteiger partial charge < -0.3 is 40.7 Å². The van der Waals surface area contributed by atoms with Gasteiger partial charge in [0.25, 0.3) is 0 Å². The minimum absolute atomic E-state index is 0.133. The zero-order valence-electron chi connectivity index (χ0n) is 34.4. The number of amides is 4. The Morgan fingerprint density at radius 1 is 0.586 bits per heavy atom. The normalized spacial score (nSPS) is 15.9. The predicted octanol–water partition coefficient (Wildman–Crippen LogP) is 7.59. The second-order valence-corrected chi connectivity index (χ2v) is 16.4. The average Bonchev–Trinajstić information content (AvgIpc) is 4.14. The molecule has 0 saturated heterocycles. The van der Waals surface area contributed by atoms with Crippen molar-refractivity contribution in [2.75, 3.05) is 14.2 Å². The Balaban J connectivity index is 1.11. The van der Waals surface area contributed by atoms with Gasteiger partial charge in [-0.05, 0) is 71.6 Å². The van der Waals surface area contributed by atoms with Gasteiger partial charge in [-0.1, -0.05) is 102 Å². The monoisotopic (exact) mass is 794 g/mol. The number of nitrogens with one attached hydrogen (secondary N) is 6. The molecule has 0 bridgehead atoms.